The third kappa shape index (κ3) is 3.50. The van der Waals surface area contributed by atoms with Crippen LogP contribution in [0.15, 0.2) is 30.9 Å². The zero-order valence-corrected chi connectivity index (χ0v) is 17.3. The van der Waals surface area contributed by atoms with E-state index in [1.54, 1.807) is 4.68 Å². The van der Waals surface area contributed by atoms with Crippen molar-refractivity contribution in [1.29, 1.82) is 0 Å². The van der Waals surface area contributed by atoms with E-state index in [2.05, 4.69) is 46.6 Å². The average Bonchev–Trinajstić information content (AvgIpc) is 3.34. The molecule has 0 bridgehead atoms. The summed E-state index contributed by atoms with van der Waals surface area (Å²) in [6.07, 6.45) is 8.33. The summed E-state index contributed by atoms with van der Waals surface area (Å²) in [4.78, 5) is 9.36. The molecule has 0 aliphatic heterocycles. The van der Waals surface area contributed by atoms with Gasteiger partial charge in [0.15, 0.2) is 11.5 Å². The Hall–Kier alpha value is -2.78. The first-order chi connectivity index (χ1) is 13.3. The Balaban J connectivity index is 1.79. The maximum atomic E-state index is 5.78. The van der Waals surface area contributed by atoms with Crippen molar-refractivity contribution in [2.75, 3.05) is 11.9 Å². The SMILES string of the molecule is Cn1cc(-c2cnc3c(Nc4cc(C(C)(C)C)ns4)nc(CCN)cn23)cn1. The predicted octanol–water partition coefficient (Wildman–Crippen LogP) is 3.13. The highest BCUT2D eigenvalue weighted by Crippen LogP contribution is 2.30. The molecule has 146 valence electrons. The number of nitrogens with one attached hydrogen (secondary N) is 1. The topological polar surface area (TPSA) is 99.0 Å². The summed E-state index contributed by atoms with van der Waals surface area (Å²) in [5.41, 5.74) is 10.5. The lowest BCUT2D eigenvalue weighted by atomic mass is 9.92. The van der Waals surface area contributed by atoms with Crippen LogP contribution in [-0.4, -0.2) is 35.1 Å². The molecular formula is C19H24N8S. The van der Waals surface area contributed by atoms with Crippen molar-refractivity contribution in [3.05, 3.63) is 42.2 Å². The minimum atomic E-state index is 0.00135. The van der Waals surface area contributed by atoms with E-state index in [0.29, 0.717) is 18.8 Å². The Bertz CT molecular complexity index is 1110. The van der Waals surface area contributed by atoms with E-state index in [0.717, 1.165) is 33.3 Å². The summed E-state index contributed by atoms with van der Waals surface area (Å²) in [5.74, 6) is 0.699. The molecule has 3 N–H and O–H groups in total. The number of nitrogens with zero attached hydrogens (tertiary/aromatic N) is 6. The standard InChI is InChI=1S/C19H24N8S/c1-19(2,3)15-7-16(28-25-15)24-17-18-21-9-14(12-8-22-26(4)10-12)27(18)11-13(23-17)5-6-20/h7-11H,5-6,20H2,1-4H3,(H,23,24). The fourth-order valence-electron chi connectivity index (χ4n) is 2.96. The molecule has 4 rings (SSSR count). The third-order valence-corrected chi connectivity index (χ3v) is 5.17. The largest absolute Gasteiger partial charge is 0.330 e. The van der Waals surface area contributed by atoms with Crippen molar-refractivity contribution in [1.82, 2.24) is 28.5 Å². The van der Waals surface area contributed by atoms with Crippen LogP contribution in [0.4, 0.5) is 10.8 Å². The van der Waals surface area contributed by atoms with Gasteiger partial charge in [0.05, 0.1) is 29.5 Å². The highest BCUT2D eigenvalue weighted by atomic mass is 32.1. The van der Waals surface area contributed by atoms with E-state index < -0.39 is 0 Å². The summed E-state index contributed by atoms with van der Waals surface area (Å²) >= 11 is 1.43. The highest BCUT2D eigenvalue weighted by Gasteiger charge is 2.19. The lowest BCUT2D eigenvalue weighted by Crippen LogP contribution is -2.11. The van der Waals surface area contributed by atoms with E-state index in [9.17, 15) is 0 Å². The van der Waals surface area contributed by atoms with Crippen LogP contribution in [0.5, 0.6) is 0 Å². The second kappa shape index (κ2) is 6.99. The van der Waals surface area contributed by atoms with Crippen molar-refractivity contribution in [3.63, 3.8) is 0 Å². The van der Waals surface area contributed by atoms with Gasteiger partial charge in [-0.25, -0.2) is 9.97 Å². The van der Waals surface area contributed by atoms with Gasteiger partial charge < -0.3 is 11.1 Å². The van der Waals surface area contributed by atoms with E-state index >= 15 is 0 Å². The molecule has 0 spiro atoms. The number of aromatic nitrogens is 6. The van der Waals surface area contributed by atoms with Crippen LogP contribution >= 0.6 is 11.5 Å². The minimum Gasteiger partial charge on any atom is -0.330 e. The second-order valence-corrected chi connectivity index (χ2v) is 8.62. The fourth-order valence-corrected chi connectivity index (χ4v) is 3.79. The summed E-state index contributed by atoms with van der Waals surface area (Å²) in [6, 6.07) is 2.07. The van der Waals surface area contributed by atoms with Crippen molar-refractivity contribution in [2.45, 2.75) is 32.6 Å². The zero-order chi connectivity index (χ0) is 19.9. The van der Waals surface area contributed by atoms with Crippen molar-refractivity contribution < 1.29 is 0 Å². The van der Waals surface area contributed by atoms with Crippen LogP contribution in [0.2, 0.25) is 0 Å². The maximum Gasteiger partial charge on any atom is 0.180 e. The number of hydrogen-bond donors (Lipinski definition) is 2. The maximum absolute atomic E-state index is 5.78. The predicted molar refractivity (Wildman–Crippen MR) is 112 cm³/mol. The third-order valence-electron chi connectivity index (χ3n) is 4.46. The molecule has 8 nitrogen and oxygen atoms in total. The molecule has 4 heterocycles. The molecule has 0 aliphatic rings. The molecular weight excluding hydrogens is 372 g/mol. The van der Waals surface area contributed by atoms with Gasteiger partial charge in [-0.2, -0.15) is 9.47 Å². The van der Waals surface area contributed by atoms with Crippen molar-refractivity contribution in [2.24, 2.45) is 12.8 Å². The Kier molecular flexibility index (Phi) is 4.64. The number of nitrogens with two attached hydrogens (primary N) is 1. The fraction of sp³-hybridized carbons (Fsp3) is 0.368. The normalized spacial score (nSPS) is 12.0. The van der Waals surface area contributed by atoms with Crippen LogP contribution < -0.4 is 11.1 Å². The Morgan fingerprint density at radius 2 is 2.04 bits per heavy atom. The number of hydrogen-bond acceptors (Lipinski definition) is 7. The summed E-state index contributed by atoms with van der Waals surface area (Å²) in [5, 5.41) is 8.62. The molecule has 0 saturated carbocycles. The minimum absolute atomic E-state index is 0.00135. The van der Waals surface area contributed by atoms with Gasteiger partial charge in [-0.1, -0.05) is 20.8 Å². The molecule has 0 saturated heterocycles. The first-order valence-electron chi connectivity index (χ1n) is 9.15. The zero-order valence-electron chi connectivity index (χ0n) is 16.5. The van der Waals surface area contributed by atoms with E-state index in [-0.39, 0.29) is 5.41 Å². The van der Waals surface area contributed by atoms with Gasteiger partial charge in [0, 0.05) is 36.8 Å². The number of fused-ring (bicyclic) bond motifs is 1. The van der Waals surface area contributed by atoms with Crippen LogP contribution in [0, 0.1) is 0 Å². The van der Waals surface area contributed by atoms with Crippen LogP contribution in [0.1, 0.15) is 32.2 Å². The average molecular weight is 397 g/mol. The molecule has 0 unspecified atom stereocenters. The monoisotopic (exact) mass is 396 g/mol. The molecule has 0 aromatic carbocycles. The van der Waals surface area contributed by atoms with Gasteiger partial charge >= 0.3 is 0 Å². The van der Waals surface area contributed by atoms with Gasteiger partial charge in [0.2, 0.25) is 0 Å². The van der Waals surface area contributed by atoms with E-state index in [4.69, 9.17) is 10.7 Å². The molecule has 0 radical (unpaired) electrons. The van der Waals surface area contributed by atoms with E-state index in [1.165, 1.54) is 11.5 Å². The summed E-state index contributed by atoms with van der Waals surface area (Å²) < 4.78 is 8.39. The van der Waals surface area contributed by atoms with Crippen LogP contribution in [0.25, 0.3) is 16.9 Å². The van der Waals surface area contributed by atoms with Crippen LogP contribution in [0.3, 0.4) is 0 Å². The van der Waals surface area contributed by atoms with Gasteiger partial charge in [-0.05, 0) is 24.1 Å². The highest BCUT2D eigenvalue weighted by molar-refractivity contribution is 7.10. The Morgan fingerprint density at radius 3 is 2.68 bits per heavy atom. The Labute approximate surface area is 167 Å². The molecule has 0 fully saturated rings. The smallest absolute Gasteiger partial charge is 0.180 e. The number of imidazole rings is 1. The lowest BCUT2D eigenvalue weighted by Gasteiger charge is -2.13. The summed E-state index contributed by atoms with van der Waals surface area (Å²) in [7, 11) is 1.90. The number of anilines is 2. The van der Waals surface area contributed by atoms with Crippen molar-refractivity contribution >= 4 is 28.0 Å². The molecule has 0 atom stereocenters. The van der Waals surface area contributed by atoms with Gasteiger partial charge in [-0.15, -0.1) is 0 Å². The Morgan fingerprint density at radius 1 is 1.21 bits per heavy atom. The van der Waals surface area contributed by atoms with Gasteiger partial charge in [0.25, 0.3) is 0 Å². The molecule has 4 aromatic rings. The van der Waals surface area contributed by atoms with E-state index in [1.807, 2.05) is 36.2 Å². The molecule has 0 aliphatic carbocycles. The molecule has 4 aromatic heterocycles. The lowest BCUT2D eigenvalue weighted by molar-refractivity contribution is 0.576. The van der Waals surface area contributed by atoms with Crippen molar-refractivity contribution in [3.8, 4) is 11.3 Å². The second-order valence-electron chi connectivity index (χ2n) is 7.81. The van der Waals surface area contributed by atoms with Gasteiger partial charge in [0.1, 0.15) is 5.00 Å². The number of aryl methyl sites for hydroxylation is 1. The number of rotatable bonds is 5. The first-order valence-corrected chi connectivity index (χ1v) is 9.93. The first kappa shape index (κ1) is 18.6. The molecule has 9 heteroatoms. The van der Waals surface area contributed by atoms with Gasteiger partial charge in [-0.3, -0.25) is 9.08 Å². The molecule has 0 amide bonds. The van der Waals surface area contributed by atoms with Crippen LogP contribution in [-0.2, 0) is 18.9 Å². The quantitative estimate of drug-likeness (QED) is 0.538. The summed E-state index contributed by atoms with van der Waals surface area (Å²) in [6.45, 7) is 6.99. The molecule has 28 heavy (non-hydrogen) atoms.